The Morgan fingerprint density at radius 1 is 1.22 bits per heavy atom. The van der Waals surface area contributed by atoms with Crippen LogP contribution < -0.4 is 0 Å². The molecular formula is C14H30NO2Si+. The summed E-state index contributed by atoms with van der Waals surface area (Å²) >= 11 is 0. The van der Waals surface area contributed by atoms with Crippen LogP contribution in [-0.2, 0) is 9.53 Å². The number of unbranched alkanes of at least 4 members (excludes halogenated alkanes) is 1. The minimum absolute atomic E-state index is 0.277. The molecule has 106 valence electrons. The van der Waals surface area contributed by atoms with E-state index in [0.29, 0.717) is 12.2 Å². The third-order valence-corrected chi connectivity index (χ3v) is 4.64. The van der Waals surface area contributed by atoms with Gasteiger partial charge in [-0.1, -0.05) is 32.1 Å². The number of quaternary nitrogens is 1. The van der Waals surface area contributed by atoms with Crippen LogP contribution in [0.4, 0.5) is 0 Å². The Hall–Kier alpha value is -0.613. The molecule has 0 heterocycles. The Morgan fingerprint density at radius 3 is 2.33 bits per heavy atom. The molecule has 0 aliphatic carbocycles. The zero-order valence-corrected chi connectivity index (χ0v) is 13.9. The van der Waals surface area contributed by atoms with E-state index in [1.54, 1.807) is 6.92 Å². The predicted octanol–water partition coefficient (Wildman–Crippen LogP) is 2.45. The molecule has 0 radical (unpaired) electrons. The van der Waals surface area contributed by atoms with Crippen LogP contribution in [0, 0.1) is 0 Å². The number of rotatable bonds is 9. The largest absolute Gasteiger partial charge is 0.456 e. The highest BCUT2D eigenvalue weighted by molar-refractivity contribution is 6.55. The molecule has 0 rings (SSSR count). The topological polar surface area (TPSA) is 26.3 Å². The van der Waals surface area contributed by atoms with Crippen molar-refractivity contribution in [2.24, 2.45) is 0 Å². The Kier molecular flexibility index (Phi) is 8.19. The SMILES string of the molecule is C=C(C)C(=O)OCC[N+](C)(C)CCCC[SiH](C)C. The van der Waals surface area contributed by atoms with Gasteiger partial charge in [0.25, 0.3) is 0 Å². The zero-order valence-electron chi connectivity index (χ0n) is 12.8. The van der Waals surface area contributed by atoms with Crippen LogP contribution in [0.25, 0.3) is 0 Å². The highest BCUT2D eigenvalue weighted by Gasteiger charge is 2.15. The van der Waals surface area contributed by atoms with Crippen LogP contribution in [0.5, 0.6) is 0 Å². The number of carbonyl (C=O) groups excluding carboxylic acids is 1. The summed E-state index contributed by atoms with van der Waals surface area (Å²) in [6.07, 6.45) is 2.61. The second-order valence-corrected chi connectivity index (χ2v) is 9.55. The fourth-order valence-electron chi connectivity index (χ4n) is 1.71. The van der Waals surface area contributed by atoms with Gasteiger partial charge in [0.2, 0.25) is 0 Å². The third-order valence-electron chi connectivity index (χ3n) is 3.07. The Balaban J connectivity index is 3.73. The summed E-state index contributed by atoms with van der Waals surface area (Å²) in [5, 5.41) is 0. The third kappa shape index (κ3) is 9.42. The second-order valence-electron chi connectivity index (χ2n) is 6.19. The average molecular weight is 272 g/mol. The summed E-state index contributed by atoms with van der Waals surface area (Å²) < 4.78 is 6.06. The van der Waals surface area contributed by atoms with E-state index in [1.165, 1.54) is 18.9 Å². The lowest BCUT2D eigenvalue weighted by molar-refractivity contribution is -0.890. The number of nitrogens with zero attached hydrogens (tertiary/aromatic N) is 1. The lowest BCUT2D eigenvalue weighted by Crippen LogP contribution is -2.43. The monoisotopic (exact) mass is 272 g/mol. The first kappa shape index (κ1) is 17.4. The molecule has 0 saturated heterocycles. The highest BCUT2D eigenvalue weighted by atomic mass is 28.3. The molecule has 0 aromatic rings. The van der Waals surface area contributed by atoms with Gasteiger partial charge in [-0.2, -0.15) is 0 Å². The number of hydrogen-bond acceptors (Lipinski definition) is 2. The van der Waals surface area contributed by atoms with Crippen molar-refractivity contribution in [3.63, 3.8) is 0 Å². The van der Waals surface area contributed by atoms with Gasteiger partial charge in [-0.05, 0) is 13.3 Å². The molecule has 4 heteroatoms. The molecule has 0 aliphatic heterocycles. The fourth-order valence-corrected chi connectivity index (χ4v) is 2.82. The molecule has 0 saturated carbocycles. The predicted molar refractivity (Wildman–Crippen MR) is 80.5 cm³/mol. The lowest BCUT2D eigenvalue weighted by Gasteiger charge is -2.29. The minimum Gasteiger partial charge on any atom is -0.456 e. The van der Waals surface area contributed by atoms with Crippen LogP contribution in [0.15, 0.2) is 12.2 Å². The van der Waals surface area contributed by atoms with Crippen LogP contribution in [0.3, 0.4) is 0 Å². The Labute approximate surface area is 114 Å². The van der Waals surface area contributed by atoms with E-state index in [1.807, 2.05) is 0 Å². The maximum Gasteiger partial charge on any atom is 0.333 e. The summed E-state index contributed by atoms with van der Waals surface area (Å²) in [5.74, 6) is -0.277. The Morgan fingerprint density at radius 2 is 1.83 bits per heavy atom. The molecular weight excluding hydrogens is 242 g/mol. The molecule has 0 fully saturated rings. The number of esters is 1. The van der Waals surface area contributed by atoms with Crippen LogP contribution >= 0.6 is 0 Å². The first-order chi connectivity index (χ1) is 8.24. The molecule has 0 aromatic carbocycles. The van der Waals surface area contributed by atoms with Crippen molar-refractivity contribution in [1.29, 1.82) is 0 Å². The molecule has 0 N–H and O–H groups in total. The number of likely N-dealkylation sites (N-methyl/N-ethyl adjacent to an activating group) is 1. The van der Waals surface area contributed by atoms with Crippen molar-refractivity contribution in [3.8, 4) is 0 Å². The highest BCUT2D eigenvalue weighted by Crippen LogP contribution is 2.06. The maximum atomic E-state index is 11.2. The number of ether oxygens (including phenoxy) is 1. The molecule has 3 nitrogen and oxygen atoms in total. The summed E-state index contributed by atoms with van der Waals surface area (Å²) in [6.45, 7) is 12.6. The van der Waals surface area contributed by atoms with Gasteiger partial charge in [-0.3, -0.25) is 0 Å². The summed E-state index contributed by atoms with van der Waals surface area (Å²) in [4.78, 5) is 11.2. The van der Waals surface area contributed by atoms with Gasteiger partial charge in [-0.25, -0.2) is 4.79 Å². The van der Waals surface area contributed by atoms with Gasteiger partial charge in [0.15, 0.2) is 0 Å². The van der Waals surface area contributed by atoms with Gasteiger partial charge in [0.1, 0.15) is 13.2 Å². The first-order valence-corrected chi connectivity index (χ1v) is 10.0. The van der Waals surface area contributed by atoms with E-state index in [-0.39, 0.29) is 14.8 Å². The van der Waals surface area contributed by atoms with Crippen molar-refractivity contribution in [1.82, 2.24) is 0 Å². The van der Waals surface area contributed by atoms with Crippen molar-refractivity contribution < 1.29 is 14.0 Å². The van der Waals surface area contributed by atoms with Crippen LogP contribution in [0.2, 0.25) is 19.1 Å². The van der Waals surface area contributed by atoms with E-state index >= 15 is 0 Å². The van der Waals surface area contributed by atoms with Gasteiger partial charge in [0.05, 0.1) is 20.6 Å². The van der Waals surface area contributed by atoms with Gasteiger partial charge in [0, 0.05) is 14.4 Å². The normalized spacial score (nSPS) is 11.7. The summed E-state index contributed by atoms with van der Waals surface area (Å²) in [5.41, 5.74) is 0.474. The molecule has 18 heavy (non-hydrogen) atoms. The second kappa shape index (κ2) is 8.48. The average Bonchev–Trinajstić information content (AvgIpc) is 2.23. The van der Waals surface area contributed by atoms with E-state index in [9.17, 15) is 4.79 Å². The van der Waals surface area contributed by atoms with Crippen molar-refractivity contribution in [3.05, 3.63) is 12.2 Å². The smallest absolute Gasteiger partial charge is 0.333 e. The zero-order chi connectivity index (χ0) is 14.2. The van der Waals surface area contributed by atoms with E-state index < -0.39 is 0 Å². The molecule has 0 atom stereocenters. The standard InChI is InChI=1S/C14H30NO2Si/c1-13(2)14(16)17-11-10-15(3,4)9-7-8-12-18(5)6/h18H,1,7-12H2,2-6H3/q+1. The quantitative estimate of drug-likeness (QED) is 0.212. The van der Waals surface area contributed by atoms with Gasteiger partial charge >= 0.3 is 5.97 Å². The van der Waals surface area contributed by atoms with E-state index in [0.717, 1.165) is 17.6 Å². The van der Waals surface area contributed by atoms with Crippen molar-refractivity contribution in [2.45, 2.75) is 38.9 Å². The molecule has 0 bridgehead atoms. The summed E-state index contributed by atoms with van der Waals surface area (Å²) in [6, 6.07) is 1.44. The number of hydrogen-bond donors (Lipinski definition) is 0. The maximum absolute atomic E-state index is 11.2. The molecule has 0 unspecified atom stereocenters. The van der Waals surface area contributed by atoms with Crippen LogP contribution in [-0.4, -0.2) is 53.0 Å². The van der Waals surface area contributed by atoms with E-state index in [2.05, 4.69) is 33.8 Å². The first-order valence-electron chi connectivity index (χ1n) is 6.89. The van der Waals surface area contributed by atoms with Gasteiger partial charge < -0.3 is 9.22 Å². The molecule has 0 aromatic heterocycles. The van der Waals surface area contributed by atoms with Crippen molar-refractivity contribution >= 4 is 14.8 Å². The molecule has 0 aliphatic rings. The summed E-state index contributed by atoms with van der Waals surface area (Å²) in [7, 11) is 4.00. The van der Waals surface area contributed by atoms with Crippen molar-refractivity contribution in [2.75, 3.05) is 33.8 Å². The molecule has 0 spiro atoms. The Bertz CT molecular complexity index is 275. The molecule has 0 amide bonds. The van der Waals surface area contributed by atoms with Gasteiger partial charge in [-0.15, -0.1) is 0 Å². The van der Waals surface area contributed by atoms with Crippen LogP contribution in [0.1, 0.15) is 19.8 Å². The fraction of sp³-hybridized carbons (Fsp3) is 0.786. The lowest BCUT2D eigenvalue weighted by atomic mass is 10.3. The van der Waals surface area contributed by atoms with E-state index in [4.69, 9.17) is 4.74 Å². The number of carbonyl (C=O) groups is 1. The minimum atomic E-state index is -0.389.